The van der Waals surface area contributed by atoms with Gasteiger partial charge in [-0.15, -0.1) is 0 Å². The number of aliphatic hydroxyl groups excluding tert-OH is 2. The normalized spacial score (nSPS) is 17.3. The number of rotatable bonds is 16. The number of hydrogen-bond acceptors (Lipinski definition) is 11. The van der Waals surface area contributed by atoms with Crippen LogP contribution < -0.4 is 19.5 Å². The van der Waals surface area contributed by atoms with Gasteiger partial charge in [0, 0.05) is 60.8 Å². The van der Waals surface area contributed by atoms with Crippen molar-refractivity contribution >= 4 is 29.2 Å². The van der Waals surface area contributed by atoms with Crippen molar-refractivity contribution in [2.24, 2.45) is 0 Å². The van der Waals surface area contributed by atoms with Crippen LogP contribution in [-0.2, 0) is 24.4 Å². The van der Waals surface area contributed by atoms with Crippen LogP contribution in [0.25, 0.3) is 22.3 Å². The van der Waals surface area contributed by atoms with Crippen LogP contribution in [0.2, 0.25) is 10.0 Å². The lowest BCUT2D eigenvalue weighted by Gasteiger charge is -2.24. The van der Waals surface area contributed by atoms with Gasteiger partial charge < -0.3 is 29.5 Å². The summed E-state index contributed by atoms with van der Waals surface area (Å²) in [4.78, 5) is 22.8. The molecular formula is C44H43Cl2N5O7. The highest BCUT2D eigenvalue weighted by molar-refractivity contribution is 6.36. The third-order valence-corrected chi connectivity index (χ3v) is 11.3. The molecule has 0 bridgehead atoms. The number of fused-ring (bicyclic) bond motifs is 1. The van der Waals surface area contributed by atoms with Crippen molar-refractivity contribution in [3.05, 3.63) is 123 Å². The van der Waals surface area contributed by atoms with Gasteiger partial charge in [0.05, 0.1) is 23.3 Å². The van der Waals surface area contributed by atoms with Gasteiger partial charge in [-0.2, -0.15) is 10.2 Å². The molecule has 1 fully saturated rings. The van der Waals surface area contributed by atoms with E-state index in [-0.39, 0.29) is 42.1 Å². The Balaban J connectivity index is 1.10. The lowest BCUT2D eigenvalue weighted by Crippen LogP contribution is -2.52. The van der Waals surface area contributed by atoms with Crippen molar-refractivity contribution in [3.8, 4) is 45.8 Å². The van der Waals surface area contributed by atoms with Crippen LogP contribution in [0.15, 0.2) is 85.2 Å². The van der Waals surface area contributed by atoms with Gasteiger partial charge in [0.25, 0.3) is 0 Å². The van der Waals surface area contributed by atoms with Crippen molar-refractivity contribution < 1.29 is 34.3 Å². The monoisotopic (exact) mass is 823 g/mol. The fourth-order valence-corrected chi connectivity index (χ4v) is 7.78. The number of nitriles is 1. The highest BCUT2D eigenvalue weighted by Crippen LogP contribution is 2.45. The van der Waals surface area contributed by atoms with Gasteiger partial charge in [-0.05, 0) is 72.7 Å². The summed E-state index contributed by atoms with van der Waals surface area (Å²) in [6, 6.07) is 25.3. The number of ether oxygens (including phenoxy) is 3. The minimum absolute atomic E-state index is 0.0124. The fraction of sp³-hybridized carbons (Fsp3) is 0.318. The fourth-order valence-electron chi connectivity index (χ4n) is 7.22. The number of likely N-dealkylation sites (tertiary alicyclic amines) is 1. The Kier molecular flexibility index (Phi) is 12.8. The van der Waals surface area contributed by atoms with E-state index in [4.69, 9.17) is 37.4 Å². The second-order valence-electron chi connectivity index (χ2n) is 14.7. The Bertz CT molecular complexity index is 2320. The molecule has 1 aliphatic carbocycles. The molecule has 14 heteroatoms. The summed E-state index contributed by atoms with van der Waals surface area (Å²) in [5.41, 5.74) is 5.66. The van der Waals surface area contributed by atoms with Crippen molar-refractivity contribution in [1.29, 1.82) is 5.26 Å². The molecule has 1 aliphatic heterocycles. The zero-order valence-corrected chi connectivity index (χ0v) is 33.3. The summed E-state index contributed by atoms with van der Waals surface area (Å²) in [5.74, 6) is -0.182. The summed E-state index contributed by atoms with van der Waals surface area (Å²) < 4.78 is 18.6. The predicted molar refractivity (Wildman–Crippen MR) is 219 cm³/mol. The van der Waals surface area contributed by atoms with E-state index in [9.17, 15) is 25.4 Å². The molecular weight excluding hydrogens is 781 g/mol. The first-order valence-corrected chi connectivity index (χ1v) is 19.8. The minimum Gasteiger partial charge on any atom is -0.492 e. The van der Waals surface area contributed by atoms with Crippen LogP contribution in [0.1, 0.15) is 53.7 Å². The molecule has 1 unspecified atom stereocenters. The SMILES string of the molecule is CC(CO)(NCc1cc(Cl)c(O[C@H]2CCc3c(-c4cccc(-c5ccc(OCCN6CC[C@@H](O)C6)cc5)c4Cl)cccc32)nc1OCc1cncc(C#N)c1)C(=O)O. The predicted octanol–water partition coefficient (Wildman–Crippen LogP) is 7.00. The topological polar surface area (TPSA) is 170 Å². The molecule has 0 amide bonds. The van der Waals surface area contributed by atoms with Crippen LogP contribution in [0.4, 0.5) is 0 Å². The molecule has 300 valence electrons. The number of hydrogen-bond donors (Lipinski definition) is 4. The lowest BCUT2D eigenvalue weighted by molar-refractivity contribution is -0.145. The third kappa shape index (κ3) is 9.21. The van der Waals surface area contributed by atoms with E-state index in [0.717, 1.165) is 65.1 Å². The van der Waals surface area contributed by atoms with Crippen LogP contribution in [0, 0.1) is 11.3 Å². The van der Waals surface area contributed by atoms with E-state index in [1.807, 2.05) is 54.6 Å². The van der Waals surface area contributed by atoms with Gasteiger partial charge in [-0.3, -0.25) is 20.0 Å². The molecule has 12 nitrogen and oxygen atoms in total. The first-order chi connectivity index (χ1) is 28.0. The number of carboxylic acids is 1. The van der Waals surface area contributed by atoms with E-state index in [1.165, 1.54) is 13.1 Å². The van der Waals surface area contributed by atoms with Crippen LogP contribution in [0.3, 0.4) is 0 Å². The molecule has 0 radical (unpaired) electrons. The molecule has 1 saturated heterocycles. The van der Waals surface area contributed by atoms with Crippen molar-refractivity contribution in [2.75, 3.05) is 32.8 Å². The molecule has 2 aliphatic rings. The van der Waals surface area contributed by atoms with Crippen molar-refractivity contribution in [1.82, 2.24) is 20.2 Å². The smallest absolute Gasteiger partial charge is 0.326 e. The summed E-state index contributed by atoms with van der Waals surface area (Å²) >= 11 is 14.0. The number of halogens is 2. The molecule has 7 rings (SSSR count). The van der Waals surface area contributed by atoms with Crippen LogP contribution >= 0.6 is 23.2 Å². The van der Waals surface area contributed by atoms with Crippen molar-refractivity contribution in [2.45, 2.75) is 57.1 Å². The summed E-state index contributed by atoms with van der Waals surface area (Å²) in [6.45, 7) is 3.58. The number of benzene rings is 3. The standard InChI is InChI=1S/C44H43Cl2N5O7/c1-44(26-52,43(54)55)49-23-30-19-38(45)42(50-41(30)57-25-28-18-27(20-47)21-48-22-28)58-39-13-12-35-34(5-3-6-36(35)39)37-7-2-4-33(40(37)46)29-8-10-32(11-9-29)56-17-16-51-15-14-31(53)24-51/h2-11,18-19,21-22,31,39,49,52-53H,12-17,23-26H2,1H3,(H,54,55)/t31-,39+,44?/m1/s1. The van der Waals surface area contributed by atoms with Gasteiger partial charge in [0.1, 0.15) is 41.7 Å². The second-order valence-corrected chi connectivity index (χ2v) is 15.5. The zero-order valence-electron chi connectivity index (χ0n) is 31.8. The average molecular weight is 825 g/mol. The van der Waals surface area contributed by atoms with E-state index in [1.54, 1.807) is 18.3 Å². The number of β-amino-alcohol motifs (C(OH)–C–C–N with tert-alkyl or cyclic N) is 1. The zero-order chi connectivity index (χ0) is 40.8. The molecule has 3 atom stereocenters. The first kappa shape index (κ1) is 40.9. The van der Waals surface area contributed by atoms with Gasteiger partial charge >= 0.3 is 5.97 Å². The number of pyridine rings is 2. The minimum atomic E-state index is -1.63. The maximum absolute atomic E-state index is 11.9. The number of aliphatic carboxylic acids is 1. The van der Waals surface area contributed by atoms with E-state index in [2.05, 4.69) is 32.3 Å². The van der Waals surface area contributed by atoms with E-state index < -0.39 is 18.1 Å². The van der Waals surface area contributed by atoms with Gasteiger partial charge in [-0.25, -0.2) is 0 Å². The second kappa shape index (κ2) is 18.1. The largest absolute Gasteiger partial charge is 0.492 e. The molecule has 5 aromatic rings. The molecule has 0 spiro atoms. The highest BCUT2D eigenvalue weighted by atomic mass is 35.5. The maximum atomic E-state index is 11.9. The molecule has 0 saturated carbocycles. The number of carbonyl (C=O) groups is 1. The van der Waals surface area contributed by atoms with Crippen molar-refractivity contribution in [3.63, 3.8) is 0 Å². The van der Waals surface area contributed by atoms with E-state index in [0.29, 0.717) is 41.3 Å². The number of nitrogens with one attached hydrogen (secondary N) is 1. The first-order valence-electron chi connectivity index (χ1n) is 19.0. The number of nitrogens with zero attached hydrogens (tertiary/aromatic N) is 4. The van der Waals surface area contributed by atoms with Gasteiger partial charge in [-0.1, -0.05) is 71.7 Å². The number of carboxylic acid groups (broad SMARTS) is 1. The quantitative estimate of drug-likeness (QED) is 0.0805. The Hall–Kier alpha value is -5.26. The molecule has 58 heavy (non-hydrogen) atoms. The lowest BCUT2D eigenvalue weighted by atomic mass is 9.94. The number of aromatic nitrogens is 2. The average Bonchev–Trinajstić information content (AvgIpc) is 3.85. The Morgan fingerprint density at radius 3 is 2.53 bits per heavy atom. The summed E-state index contributed by atoms with van der Waals surface area (Å²) in [5, 5.41) is 42.3. The summed E-state index contributed by atoms with van der Waals surface area (Å²) in [7, 11) is 0. The maximum Gasteiger partial charge on any atom is 0.326 e. The van der Waals surface area contributed by atoms with Gasteiger partial charge in [0.2, 0.25) is 11.8 Å². The Labute approximate surface area is 346 Å². The third-order valence-electron chi connectivity index (χ3n) is 10.6. The summed E-state index contributed by atoms with van der Waals surface area (Å²) in [6.07, 6.45) is 4.57. The Morgan fingerprint density at radius 2 is 1.79 bits per heavy atom. The molecule has 3 heterocycles. The molecule has 2 aromatic heterocycles. The molecule has 3 aromatic carbocycles. The van der Waals surface area contributed by atoms with Gasteiger partial charge in [0.15, 0.2) is 0 Å². The Morgan fingerprint density at radius 1 is 1.02 bits per heavy atom. The van der Waals surface area contributed by atoms with Crippen LogP contribution in [0.5, 0.6) is 17.5 Å². The molecule has 4 N–H and O–H groups in total. The van der Waals surface area contributed by atoms with Crippen LogP contribution in [-0.4, -0.2) is 80.6 Å². The number of aliphatic hydroxyl groups is 2. The van der Waals surface area contributed by atoms with E-state index >= 15 is 0 Å². The highest BCUT2D eigenvalue weighted by Gasteiger charge is 2.33.